The van der Waals surface area contributed by atoms with Crippen molar-refractivity contribution < 1.29 is 18.4 Å². The van der Waals surface area contributed by atoms with Gasteiger partial charge in [0.05, 0.1) is 6.26 Å². The van der Waals surface area contributed by atoms with E-state index < -0.39 is 11.6 Å². The predicted octanol–water partition coefficient (Wildman–Crippen LogP) is 2.91. The molecule has 0 aliphatic carbocycles. The van der Waals surface area contributed by atoms with E-state index in [0.29, 0.717) is 16.7 Å². The van der Waals surface area contributed by atoms with Gasteiger partial charge in [-0.3, -0.25) is 0 Å². The van der Waals surface area contributed by atoms with Gasteiger partial charge in [0.15, 0.2) is 0 Å². The monoisotopic (exact) mass is 270 g/mol. The quantitative estimate of drug-likeness (QED) is 0.407. The number of carbonyl (C=O) groups is 1. The van der Waals surface area contributed by atoms with Crippen molar-refractivity contribution in [1.29, 1.82) is 0 Å². The molecule has 3 aromatic rings. The summed E-state index contributed by atoms with van der Waals surface area (Å²) in [6.07, 6.45) is 1.40. The van der Waals surface area contributed by atoms with Crippen LogP contribution in [0.5, 0.6) is 5.75 Å². The Kier molecular flexibility index (Phi) is 2.87. The third-order valence-electron chi connectivity index (χ3n) is 2.85. The summed E-state index contributed by atoms with van der Waals surface area (Å²) in [7, 11) is 0. The maximum Gasteiger partial charge on any atom is 0.379 e. The van der Waals surface area contributed by atoms with E-state index >= 15 is 0 Å². The molecule has 0 saturated carbocycles. The maximum atomic E-state index is 11.8. The Morgan fingerprint density at radius 1 is 1.20 bits per heavy atom. The number of esters is 1. The van der Waals surface area contributed by atoms with Crippen LogP contribution in [0, 0.1) is 6.92 Å². The zero-order valence-corrected chi connectivity index (χ0v) is 10.6. The van der Waals surface area contributed by atoms with E-state index in [1.54, 1.807) is 31.2 Å². The molecule has 0 N–H and O–H groups in total. The van der Waals surface area contributed by atoms with Crippen LogP contribution >= 0.6 is 0 Å². The van der Waals surface area contributed by atoms with E-state index in [1.165, 1.54) is 18.4 Å². The molecule has 0 bridgehead atoms. The molecule has 0 spiro atoms. The van der Waals surface area contributed by atoms with Crippen molar-refractivity contribution in [2.24, 2.45) is 0 Å². The highest BCUT2D eigenvalue weighted by Gasteiger charge is 2.12. The summed E-state index contributed by atoms with van der Waals surface area (Å²) in [5.41, 5.74) is 0.801. The van der Waals surface area contributed by atoms with Crippen LogP contribution in [0.15, 0.2) is 56.3 Å². The third kappa shape index (κ3) is 2.21. The fraction of sp³-hybridized carbons (Fsp3) is 0.0667. The average Bonchev–Trinajstić information content (AvgIpc) is 2.93. The molecule has 2 aromatic heterocycles. The fourth-order valence-corrected chi connectivity index (χ4v) is 1.91. The minimum Gasteiger partial charge on any atom is -0.457 e. The lowest BCUT2D eigenvalue weighted by atomic mass is 10.1. The lowest BCUT2D eigenvalue weighted by Gasteiger charge is -2.05. The molecule has 0 aliphatic rings. The van der Waals surface area contributed by atoms with Gasteiger partial charge in [-0.25, -0.2) is 9.59 Å². The number of furan rings is 1. The number of aryl methyl sites for hydroxylation is 1. The van der Waals surface area contributed by atoms with E-state index in [1.807, 2.05) is 0 Å². The SMILES string of the molecule is Cc1cc(=O)oc2ccc(OC(=O)c3ccco3)cc12. The molecule has 0 saturated heterocycles. The molecule has 100 valence electrons. The maximum absolute atomic E-state index is 11.8. The molecule has 3 rings (SSSR count). The molecule has 0 fully saturated rings. The van der Waals surface area contributed by atoms with Gasteiger partial charge in [-0.1, -0.05) is 0 Å². The van der Waals surface area contributed by atoms with Gasteiger partial charge < -0.3 is 13.6 Å². The van der Waals surface area contributed by atoms with Crippen molar-refractivity contribution in [2.45, 2.75) is 6.92 Å². The summed E-state index contributed by atoms with van der Waals surface area (Å²) < 4.78 is 15.2. The van der Waals surface area contributed by atoms with Gasteiger partial charge in [0, 0.05) is 11.5 Å². The second-order valence-electron chi connectivity index (χ2n) is 4.27. The van der Waals surface area contributed by atoms with Gasteiger partial charge in [-0.2, -0.15) is 0 Å². The van der Waals surface area contributed by atoms with Gasteiger partial charge >= 0.3 is 11.6 Å². The van der Waals surface area contributed by atoms with Crippen LogP contribution in [0.2, 0.25) is 0 Å². The minimum atomic E-state index is -0.579. The summed E-state index contributed by atoms with van der Waals surface area (Å²) in [6, 6.07) is 9.32. The first-order chi connectivity index (χ1) is 9.63. The number of hydrogen-bond acceptors (Lipinski definition) is 5. The smallest absolute Gasteiger partial charge is 0.379 e. The number of hydrogen-bond donors (Lipinski definition) is 0. The van der Waals surface area contributed by atoms with Crippen LogP contribution in [0.4, 0.5) is 0 Å². The van der Waals surface area contributed by atoms with Crippen LogP contribution in [0.25, 0.3) is 11.0 Å². The van der Waals surface area contributed by atoms with E-state index in [4.69, 9.17) is 13.6 Å². The largest absolute Gasteiger partial charge is 0.457 e. The molecule has 0 atom stereocenters. The zero-order valence-electron chi connectivity index (χ0n) is 10.6. The average molecular weight is 270 g/mol. The lowest BCUT2D eigenvalue weighted by Crippen LogP contribution is -2.07. The second kappa shape index (κ2) is 4.70. The number of carbonyl (C=O) groups excluding carboxylic acids is 1. The zero-order chi connectivity index (χ0) is 14.1. The summed E-state index contributed by atoms with van der Waals surface area (Å²) in [4.78, 5) is 23.0. The molecule has 20 heavy (non-hydrogen) atoms. The molecule has 0 amide bonds. The van der Waals surface area contributed by atoms with Crippen LogP contribution in [0.3, 0.4) is 0 Å². The Bertz CT molecular complexity index is 827. The van der Waals surface area contributed by atoms with Crippen LogP contribution in [-0.4, -0.2) is 5.97 Å². The topological polar surface area (TPSA) is 69.7 Å². The van der Waals surface area contributed by atoms with E-state index in [-0.39, 0.29) is 5.76 Å². The molecule has 1 aromatic carbocycles. The van der Waals surface area contributed by atoms with Gasteiger partial charge in [-0.15, -0.1) is 0 Å². The molecule has 0 aliphatic heterocycles. The Morgan fingerprint density at radius 3 is 2.80 bits per heavy atom. The number of rotatable bonds is 2. The highest BCUT2D eigenvalue weighted by molar-refractivity contribution is 5.89. The second-order valence-corrected chi connectivity index (χ2v) is 4.27. The summed E-state index contributed by atoms with van der Waals surface area (Å²) in [5.74, 6) is -0.0957. The first-order valence-corrected chi connectivity index (χ1v) is 5.94. The van der Waals surface area contributed by atoms with Crippen LogP contribution < -0.4 is 10.4 Å². The van der Waals surface area contributed by atoms with E-state index in [9.17, 15) is 9.59 Å². The highest BCUT2D eigenvalue weighted by Crippen LogP contribution is 2.23. The molecule has 5 heteroatoms. The summed E-state index contributed by atoms with van der Waals surface area (Å²) in [6.45, 7) is 1.79. The van der Waals surface area contributed by atoms with Crippen LogP contribution in [0.1, 0.15) is 16.1 Å². The molecule has 2 heterocycles. The first-order valence-electron chi connectivity index (χ1n) is 5.94. The number of ether oxygens (including phenoxy) is 1. The lowest BCUT2D eigenvalue weighted by molar-refractivity contribution is 0.0701. The van der Waals surface area contributed by atoms with Gasteiger partial charge in [0.2, 0.25) is 5.76 Å². The summed E-state index contributed by atoms with van der Waals surface area (Å²) in [5, 5.41) is 0.717. The molecular weight excluding hydrogens is 260 g/mol. The van der Waals surface area contributed by atoms with Crippen molar-refractivity contribution in [3.05, 3.63) is 64.4 Å². The third-order valence-corrected chi connectivity index (χ3v) is 2.85. The standard InChI is InChI=1S/C15H10O5/c1-9-7-14(16)20-12-5-4-10(8-11(9)12)19-15(17)13-3-2-6-18-13/h2-8H,1H3. The van der Waals surface area contributed by atoms with E-state index in [2.05, 4.69) is 0 Å². The van der Waals surface area contributed by atoms with Crippen LogP contribution in [-0.2, 0) is 0 Å². The Hall–Kier alpha value is -2.82. The van der Waals surface area contributed by atoms with Gasteiger partial charge in [0.25, 0.3) is 0 Å². The fourth-order valence-electron chi connectivity index (χ4n) is 1.91. The van der Waals surface area contributed by atoms with Crippen molar-refractivity contribution >= 4 is 16.9 Å². The molecule has 0 unspecified atom stereocenters. The van der Waals surface area contributed by atoms with Crippen molar-refractivity contribution in [3.63, 3.8) is 0 Å². The number of benzene rings is 1. The molecular formula is C15H10O5. The highest BCUT2D eigenvalue weighted by atomic mass is 16.5. The summed E-state index contributed by atoms with van der Waals surface area (Å²) >= 11 is 0. The van der Waals surface area contributed by atoms with Gasteiger partial charge in [-0.05, 0) is 42.8 Å². The van der Waals surface area contributed by atoms with Crippen molar-refractivity contribution in [2.75, 3.05) is 0 Å². The van der Waals surface area contributed by atoms with Crippen molar-refractivity contribution in [1.82, 2.24) is 0 Å². The Balaban J connectivity index is 1.97. The molecule has 5 nitrogen and oxygen atoms in total. The van der Waals surface area contributed by atoms with Gasteiger partial charge in [0.1, 0.15) is 11.3 Å². The normalized spacial score (nSPS) is 10.7. The molecule has 0 radical (unpaired) electrons. The Morgan fingerprint density at radius 2 is 2.05 bits per heavy atom. The van der Waals surface area contributed by atoms with E-state index in [0.717, 1.165) is 5.56 Å². The number of fused-ring (bicyclic) bond motifs is 1. The van der Waals surface area contributed by atoms with Crippen molar-refractivity contribution in [3.8, 4) is 5.75 Å². The predicted molar refractivity (Wildman–Crippen MR) is 70.9 cm³/mol. The first kappa shape index (κ1) is 12.2. The Labute approximate surface area is 113 Å². The minimum absolute atomic E-state index is 0.126.